The van der Waals surface area contributed by atoms with Gasteiger partial charge in [0.2, 0.25) is 0 Å². The minimum Gasteiger partial charge on any atom is -0.469 e. The molecular weight excluding hydrogens is 464 g/mol. The van der Waals surface area contributed by atoms with Gasteiger partial charge in [0, 0.05) is 13.0 Å². The van der Waals surface area contributed by atoms with Crippen LogP contribution in [0.1, 0.15) is 72.3 Å². The first-order chi connectivity index (χ1) is 16.9. The molecule has 0 aliphatic heterocycles. The Hall–Kier alpha value is -3.10. The topological polar surface area (TPSA) is 120 Å². The fraction of sp³-hybridized carbons (Fsp3) is 0.630. The second-order valence-corrected chi connectivity index (χ2v) is 10.2. The molecule has 0 spiro atoms. The minimum absolute atomic E-state index is 0.0531. The van der Waals surface area contributed by atoms with Crippen LogP contribution in [0.5, 0.6) is 0 Å². The van der Waals surface area contributed by atoms with Gasteiger partial charge in [-0.25, -0.2) is 9.59 Å². The molecule has 36 heavy (non-hydrogen) atoms. The Bertz CT molecular complexity index is 834. The molecule has 2 atom stereocenters. The molecule has 1 aromatic carbocycles. The van der Waals surface area contributed by atoms with Gasteiger partial charge in [-0.1, -0.05) is 50.6 Å². The summed E-state index contributed by atoms with van der Waals surface area (Å²) in [6.07, 6.45) is 0.825. The molecule has 0 aliphatic rings. The Morgan fingerprint density at radius 2 is 1.64 bits per heavy atom. The number of amides is 2. The Labute approximate surface area is 214 Å². The van der Waals surface area contributed by atoms with Crippen molar-refractivity contribution in [3.63, 3.8) is 0 Å². The predicted octanol–water partition coefficient (Wildman–Crippen LogP) is 4.77. The average Bonchev–Trinajstić information content (AvgIpc) is 2.80. The van der Waals surface area contributed by atoms with Crippen LogP contribution in [-0.4, -0.2) is 49.2 Å². The molecule has 0 heterocycles. The Kier molecular flexibility index (Phi) is 13.6. The van der Waals surface area contributed by atoms with E-state index in [1.54, 1.807) is 20.8 Å². The van der Waals surface area contributed by atoms with Crippen LogP contribution in [0.15, 0.2) is 30.3 Å². The standard InChI is InChI=1S/C27H42N2O7/c1-19(2)16-22(29-26(33)35-18-20-12-8-7-9-13-20)23(30)17-21(24(31)34-6)14-10-11-15-28-25(32)36-27(3,4)5/h7-9,12-13,19,21-22H,10-11,14-18H2,1-6H3,(H,28,32)(H,29,33)/t21-,22+/m0/s1. The lowest BCUT2D eigenvalue weighted by atomic mass is 9.90. The zero-order valence-corrected chi connectivity index (χ0v) is 22.4. The first kappa shape index (κ1) is 30.9. The van der Waals surface area contributed by atoms with Gasteiger partial charge in [0.15, 0.2) is 5.78 Å². The van der Waals surface area contributed by atoms with Crippen LogP contribution in [0.2, 0.25) is 0 Å². The number of rotatable bonds is 14. The first-order valence-electron chi connectivity index (χ1n) is 12.5. The van der Waals surface area contributed by atoms with Gasteiger partial charge in [-0.15, -0.1) is 0 Å². The lowest BCUT2D eigenvalue weighted by Gasteiger charge is -2.22. The molecule has 0 radical (unpaired) electrons. The van der Waals surface area contributed by atoms with E-state index in [-0.39, 0.29) is 24.7 Å². The second-order valence-electron chi connectivity index (χ2n) is 10.2. The summed E-state index contributed by atoms with van der Waals surface area (Å²) >= 11 is 0. The number of alkyl carbamates (subject to hydrolysis) is 2. The maximum Gasteiger partial charge on any atom is 0.408 e. The number of esters is 1. The number of nitrogens with one attached hydrogen (secondary N) is 2. The van der Waals surface area contributed by atoms with E-state index < -0.39 is 35.7 Å². The van der Waals surface area contributed by atoms with E-state index in [9.17, 15) is 19.2 Å². The van der Waals surface area contributed by atoms with Gasteiger partial charge in [-0.2, -0.15) is 0 Å². The fourth-order valence-electron chi connectivity index (χ4n) is 3.52. The molecule has 9 nitrogen and oxygen atoms in total. The number of hydrogen-bond donors (Lipinski definition) is 2. The number of ether oxygens (including phenoxy) is 3. The second kappa shape index (κ2) is 15.8. The lowest BCUT2D eigenvalue weighted by molar-refractivity contribution is -0.147. The summed E-state index contributed by atoms with van der Waals surface area (Å²) in [5.41, 5.74) is 0.265. The molecule has 0 bridgehead atoms. The first-order valence-corrected chi connectivity index (χ1v) is 12.5. The smallest absolute Gasteiger partial charge is 0.408 e. The molecule has 2 amide bonds. The molecule has 0 unspecified atom stereocenters. The van der Waals surface area contributed by atoms with Crippen LogP contribution in [0.25, 0.3) is 0 Å². The zero-order chi connectivity index (χ0) is 27.1. The molecule has 0 fully saturated rings. The van der Waals surface area contributed by atoms with Crippen LogP contribution in [-0.2, 0) is 30.4 Å². The van der Waals surface area contributed by atoms with Crippen LogP contribution in [0, 0.1) is 11.8 Å². The Morgan fingerprint density at radius 1 is 0.972 bits per heavy atom. The number of benzene rings is 1. The maximum atomic E-state index is 13.1. The van der Waals surface area contributed by atoms with Gasteiger partial charge >= 0.3 is 18.2 Å². The van der Waals surface area contributed by atoms with E-state index in [0.717, 1.165) is 5.56 Å². The third-order valence-corrected chi connectivity index (χ3v) is 5.23. The number of ketones is 1. The highest BCUT2D eigenvalue weighted by molar-refractivity contribution is 5.90. The third-order valence-electron chi connectivity index (χ3n) is 5.23. The highest BCUT2D eigenvalue weighted by Gasteiger charge is 2.29. The molecular formula is C27H42N2O7. The summed E-state index contributed by atoms with van der Waals surface area (Å²) in [4.78, 5) is 49.5. The van der Waals surface area contributed by atoms with E-state index in [0.29, 0.717) is 32.2 Å². The molecule has 0 aromatic heterocycles. The van der Waals surface area contributed by atoms with Crippen molar-refractivity contribution in [2.45, 2.75) is 85.0 Å². The average molecular weight is 507 g/mol. The maximum absolute atomic E-state index is 13.1. The molecule has 0 saturated heterocycles. The SMILES string of the molecule is COC(=O)[C@@H](CCCCNC(=O)OC(C)(C)C)CC(=O)[C@@H](CC(C)C)NC(=O)OCc1ccccc1. The number of carbonyl (C=O) groups excluding carboxylic acids is 4. The molecule has 202 valence electrons. The lowest BCUT2D eigenvalue weighted by Crippen LogP contribution is -2.43. The van der Waals surface area contributed by atoms with Gasteiger partial charge in [0.05, 0.1) is 19.1 Å². The summed E-state index contributed by atoms with van der Waals surface area (Å²) in [5.74, 6) is -1.22. The summed E-state index contributed by atoms with van der Waals surface area (Å²) < 4.78 is 15.4. The summed E-state index contributed by atoms with van der Waals surface area (Å²) in [6.45, 7) is 9.75. The van der Waals surface area contributed by atoms with E-state index in [2.05, 4.69) is 10.6 Å². The van der Waals surface area contributed by atoms with Crippen molar-refractivity contribution < 1.29 is 33.4 Å². The Morgan fingerprint density at radius 3 is 2.22 bits per heavy atom. The van der Waals surface area contributed by atoms with Crippen LogP contribution < -0.4 is 10.6 Å². The number of carbonyl (C=O) groups is 4. The number of hydrogen-bond acceptors (Lipinski definition) is 7. The molecule has 9 heteroatoms. The number of Topliss-reactive ketones (excluding diaryl/α,β-unsaturated/α-hetero) is 1. The van der Waals surface area contributed by atoms with E-state index in [1.165, 1.54) is 7.11 Å². The fourth-order valence-corrected chi connectivity index (χ4v) is 3.52. The molecule has 2 N–H and O–H groups in total. The van der Waals surface area contributed by atoms with E-state index in [1.807, 2.05) is 44.2 Å². The van der Waals surface area contributed by atoms with Crippen molar-refractivity contribution in [1.82, 2.24) is 10.6 Å². The Balaban J connectivity index is 2.61. The summed E-state index contributed by atoms with van der Waals surface area (Å²) in [6, 6.07) is 8.48. The van der Waals surface area contributed by atoms with Crippen molar-refractivity contribution in [3.05, 3.63) is 35.9 Å². The van der Waals surface area contributed by atoms with Crippen LogP contribution >= 0.6 is 0 Å². The summed E-state index contributed by atoms with van der Waals surface area (Å²) in [7, 11) is 1.29. The zero-order valence-electron chi connectivity index (χ0n) is 22.4. The predicted molar refractivity (Wildman–Crippen MR) is 136 cm³/mol. The van der Waals surface area contributed by atoms with Gasteiger partial charge < -0.3 is 24.8 Å². The molecule has 0 saturated carbocycles. The minimum atomic E-state index is -0.769. The van der Waals surface area contributed by atoms with Crippen molar-refractivity contribution in [1.29, 1.82) is 0 Å². The van der Waals surface area contributed by atoms with Gasteiger partial charge in [0.25, 0.3) is 0 Å². The van der Waals surface area contributed by atoms with Crippen molar-refractivity contribution in [2.75, 3.05) is 13.7 Å². The molecule has 1 aromatic rings. The highest BCUT2D eigenvalue weighted by Crippen LogP contribution is 2.18. The quantitative estimate of drug-likeness (QED) is 0.212. The third kappa shape index (κ3) is 13.7. The van der Waals surface area contributed by atoms with E-state index in [4.69, 9.17) is 14.2 Å². The molecule has 0 aliphatic carbocycles. The normalized spacial score (nSPS) is 12.9. The summed E-state index contributed by atoms with van der Waals surface area (Å²) in [5, 5.41) is 5.34. The number of unbranched alkanes of at least 4 members (excludes halogenated alkanes) is 1. The van der Waals surface area contributed by atoms with E-state index >= 15 is 0 Å². The molecule has 1 rings (SSSR count). The van der Waals surface area contributed by atoms with Crippen molar-refractivity contribution >= 4 is 23.9 Å². The monoisotopic (exact) mass is 506 g/mol. The van der Waals surface area contributed by atoms with Crippen molar-refractivity contribution in [2.24, 2.45) is 11.8 Å². The largest absolute Gasteiger partial charge is 0.469 e. The number of methoxy groups -OCH3 is 1. The highest BCUT2D eigenvalue weighted by atomic mass is 16.6. The van der Waals surface area contributed by atoms with Crippen molar-refractivity contribution in [3.8, 4) is 0 Å². The van der Waals surface area contributed by atoms with Gasteiger partial charge in [0.1, 0.15) is 12.2 Å². The van der Waals surface area contributed by atoms with Gasteiger partial charge in [-0.05, 0) is 51.5 Å². The van der Waals surface area contributed by atoms with Crippen LogP contribution in [0.4, 0.5) is 9.59 Å². The van der Waals surface area contributed by atoms with Gasteiger partial charge in [-0.3, -0.25) is 9.59 Å². The van der Waals surface area contributed by atoms with Crippen LogP contribution in [0.3, 0.4) is 0 Å².